The average Bonchev–Trinajstić information content (AvgIpc) is 3.47. The Hall–Kier alpha value is -4.61. The summed E-state index contributed by atoms with van der Waals surface area (Å²) in [5.41, 5.74) is 2.81. The maximum atomic E-state index is 14.1. The molecule has 1 saturated carbocycles. The molecule has 206 valence electrons. The number of nitrogens with zero attached hydrogens (tertiary/aromatic N) is 6. The van der Waals surface area contributed by atoms with Crippen LogP contribution < -0.4 is 15.9 Å². The first-order valence-electron chi connectivity index (χ1n) is 12.7. The number of hydrogen-bond acceptors (Lipinski definition) is 5. The van der Waals surface area contributed by atoms with Crippen molar-refractivity contribution in [3.05, 3.63) is 87.5 Å². The van der Waals surface area contributed by atoms with Crippen molar-refractivity contribution in [1.29, 1.82) is 0 Å². The first kappa shape index (κ1) is 25.7. The summed E-state index contributed by atoms with van der Waals surface area (Å²) in [6.45, 7) is 3.51. The van der Waals surface area contributed by atoms with Gasteiger partial charge in [0.05, 0.1) is 36.9 Å². The lowest BCUT2D eigenvalue weighted by atomic mass is 10.1. The van der Waals surface area contributed by atoms with Gasteiger partial charge in [-0.15, -0.1) is 0 Å². The number of imidazole rings is 2. The standard InChI is InChI=1S/C28H26F3N7O2/c1-14-12-37(13-32-14)21-8-5-16(11-22(21)40-4)25-34-24-26(35-25)36(3)28(33-18-6-7-18)38(27(24)39)15(2)17-9-19(29)23(31)20(30)10-17/h5,8-13,15,18H,6-7H2,1-4H3,(H,34,35). The van der Waals surface area contributed by atoms with Crippen molar-refractivity contribution in [1.82, 2.24) is 28.7 Å². The Morgan fingerprint density at radius 3 is 2.50 bits per heavy atom. The third-order valence-electron chi connectivity index (χ3n) is 7.11. The quantitative estimate of drug-likeness (QED) is 0.319. The fourth-order valence-electron chi connectivity index (χ4n) is 4.78. The zero-order valence-corrected chi connectivity index (χ0v) is 22.2. The lowest BCUT2D eigenvalue weighted by molar-refractivity contribution is 0.413. The Morgan fingerprint density at radius 2 is 1.88 bits per heavy atom. The summed E-state index contributed by atoms with van der Waals surface area (Å²) < 4.78 is 52.4. The summed E-state index contributed by atoms with van der Waals surface area (Å²) in [4.78, 5) is 30.7. The van der Waals surface area contributed by atoms with Gasteiger partial charge in [0.15, 0.2) is 23.1 Å². The molecule has 1 N–H and O–H groups in total. The SMILES string of the molecule is COc1cc(-c2nc3c([nH]2)c(=O)n(C(C)c2cc(F)c(F)c(F)c2)c(=NC2CC2)n3C)ccc1-n1cnc(C)c1. The first-order valence-corrected chi connectivity index (χ1v) is 12.7. The summed E-state index contributed by atoms with van der Waals surface area (Å²) in [5.74, 6) is -3.21. The Morgan fingerprint density at radius 1 is 1.15 bits per heavy atom. The summed E-state index contributed by atoms with van der Waals surface area (Å²) in [6.07, 6.45) is 5.32. The van der Waals surface area contributed by atoms with Crippen molar-refractivity contribution < 1.29 is 17.9 Å². The zero-order chi connectivity index (χ0) is 28.3. The summed E-state index contributed by atoms with van der Waals surface area (Å²) in [5, 5.41) is 0. The van der Waals surface area contributed by atoms with Crippen LogP contribution in [0.5, 0.6) is 5.75 Å². The zero-order valence-electron chi connectivity index (χ0n) is 22.2. The van der Waals surface area contributed by atoms with E-state index in [4.69, 9.17) is 14.7 Å². The van der Waals surface area contributed by atoms with Gasteiger partial charge in [-0.05, 0) is 62.6 Å². The van der Waals surface area contributed by atoms with E-state index in [1.165, 1.54) is 4.57 Å². The number of aryl methyl sites for hydroxylation is 2. The molecule has 1 atom stereocenters. The molecule has 0 spiro atoms. The number of H-pyrrole nitrogens is 1. The number of nitrogens with one attached hydrogen (secondary N) is 1. The number of fused-ring (bicyclic) bond motifs is 1. The third kappa shape index (κ3) is 4.29. The second-order valence-corrected chi connectivity index (χ2v) is 9.96. The van der Waals surface area contributed by atoms with Crippen LogP contribution in [0.1, 0.15) is 37.1 Å². The molecule has 40 heavy (non-hydrogen) atoms. The predicted octanol–water partition coefficient (Wildman–Crippen LogP) is 4.32. The van der Waals surface area contributed by atoms with Gasteiger partial charge >= 0.3 is 0 Å². The highest BCUT2D eigenvalue weighted by molar-refractivity contribution is 5.76. The van der Waals surface area contributed by atoms with E-state index in [0.717, 1.165) is 36.4 Å². The number of aromatic amines is 1. The molecule has 2 aromatic carbocycles. The van der Waals surface area contributed by atoms with E-state index in [1.807, 2.05) is 35.9 Å². The molecule has 5 aromatic rings. The van der Waals surface area contributed by atoms with E-state index in [1.54, 1.807) is 32.0 Å². The number of methoxy groups -OCH3 is 1. The van der Waals surface area contributed by atoms with Gasteiger partial charge in [-0.2, -0.15) is 0 Å². The molecule has 0 bridgehead atoms. The molecule has 1 fully saturated rings. The first-order chi connectivity index (χ1) is 19.2. The van der Waals surface area contributed by atoms with Crippen LogP contribution in [-0.4, -0.2) is 41.8 Å². The molecule has 3 heterocycles. The number of ether oxygens (including phenoxy) is 1. The van der Waals surface area contributed by atoms with Crippen molar-refractivity contribution >= 4 is 11.2 Å². The van der Waals surface area contributed by atoms with Crippen molar-refractivity contribution in [3.8, 4) is 22.8 Å². The van der Waals surface area contributed by atoms with Crippen molar-refractivity contribution in [2.24, 2.45) is 12.0 Å². The van der Waals surface area contributed by atoms with E-state index in [-0.39, 0.29) is 17.1 Å². The third-order valence-corrected chi connectivity index (χ3v) is 7.11. The molecule has 0 amide bonds. The summed E-state index contributed by atoms with van der Waals surface area (Å²) in [7, 11) is 3.30. The lowest BCUT2D eigenvalue weighted by Crippen LogP contribution is -2.42. The minimum Gasteiger partial charge on any atom is -0.495 e. The maximum absolute atomic E-state index is 14.1. The Balaban J connectivity index is 1.52. The van der Waals surface area contributed by atoms with Gasteiger partial charge in [0.2, 0.25) is 5.62 Å². The molecular formula is C28H26F3N7O2. The number of halogens is 3. The highest BCUT2D eigenvalue weighted by Crippen LogP contribution is 2.30. The molecule has 9 nitrogen and oxygen atoms in total. The highest BCUT2D eigenvalue weighted by Gasteiger charge is 2.25. The van der Waals surface area contributed by atoms with Gasteiger partial charge in [-0.1, -0.05) is 0 Å². The molecule has 3 aromatic heterocycles. The van der Waals surface area contributed by atoms with E-state index >= 15 is 0 Å². The fraction of sp³-hybridized carbons (Fsp3) is 0.286. The van der Waals surface area contributed by atoms with Crippen molar-refractivity contribution in [2.75, 3.05) is 7.11 Å². The van der Waals surface area contributed by atoms with Crippen LogP contribution in [0.3, 0.4) is 0 Å². The molecule has 6 rings (SSSR count). The summed E-state index contributed by atoms with van der Waals surface area (Å²) >= 11 is 0. The molecule has 1 aliphatic carbocycles. The van der Waals surface area contributed by atoms with E-state index in [2.05, 4.69) is 9.97 Å². The minimum absolute atomic E-state index is 0.0326. The van der Waals surface area contributed by atoms with Crippen molar-refractivity contribution in [3.63, 3.8) is 0 Å². The van der Waals surface area contributed by atoms with Crippen LogP contribution in [-0.2, 0) is 7.05 Å². The molecule has 1 unspecified atom stereocenters. The molecular weight excluding hydrogens is 523 g/mol. The molecule has 0 aliphatic heterocycles. The van der Waals surface area contributed by atoms with Crippen LogP contribution in [0, 0.1) is 24.4 Å². The molecule has 12 heteroatoms. The fourth-order valence-corrected chi connectivity index (χ4v) is 4.78. The smallest absolute Gasteiger partial charge is 0.281 e. The summed E-state index contributed by atoms with van der Waals surface area (Å²) in [6, 6.07) is 6.51. The van der Waals surface area contributed by atoms with E-state index in [9.17, 15) is 18.0 Å². The Bertz CT molecular complexity index is 1890. The lowest BCUT2D eigenvalue weighted by Gasteiger charge is -2.18. The number of benzene rings is 2. The second kappa shape index (κ2) is 9.54. The second-order valence-electron chi connectivity index (χ2n) is 9.96. The largest absolute Gasteiger partial charge is 0.495 e. The van der Waals surface area contributed by atoms with Crippen LogP contribution in [0.2, 0.25) is 0 Å². The van der Waals surface area contributed by atoms with E-state index < -0.39 is 29.1 Å². The van der Waals surface area contributed by atoms with Crippen LogP contribution in [0.15, 0.2) is 52.6 Å². The van der Waals surface area contributed by atoms with Gasteiger partial charge in [0, 0.05) is 18.8 Å². The molecule has 0 saturated heterocycles. The van der Waals surface area contributed by atoms with Crippen LogP contribution >= 0.6 is 0 Å². The average molecular weight is 550 g/mol. The van der Waals surface area contributed by atoms with Crippen LogP contribution in [0.4, 0.5) is 13.2 Å². The maximum Gasteiger partial charge on any atom is 0.281 e. The molecule has 0 radical (unpaired) electrons. The monoisotopic (exact) mass is 549 g/mol. The number of rotatable bonds is 6. The topological polar surface area (TPSA) is 95.0 Å². The van der Waals surface area contributed by atoms with Crippen LogP contribution in [0.25, 0.3) is 28.2 Å². The van der Waals surface area contributed by atoms with Gasteiger partial charge in [0.1, 0.15) is 17.1 Å². The highest BCUT2D eigenvalue weighted by atomic mass is 19.2. The predicted molar refractivity (Wildman–Crippen MR) is 142 cm³/mol. The van der Waals surface area contributed by atoms with Gasteiger partial charge in [0.25, 0.3) is 5.56 Å². The van der Waals surface area contributed by atoms with Gasteiger partial charge in [-0.25, -0.2) is 28.1 Å². The number of hydrogen-bond donors (Lipinski definition) is 1. The van der Waals surface area contributed by atoms with Crippen molar-refractivity contribution in [2.45, 2.75) is 38.8 Å². The molecule has 1 aliphatic rings. The van der Waals surface area contributed by atoms with E-state index in [0.29, 0.717) is 28.4 Å². The Kier molecular flexibility index (Phi) is 6.12. The minimum atomic E-state index is -1.56. The normalized spacial score (nSPS) is 14.7. The van der Waals surface area contributed by atoms with Gasteiger partial charge in [-0.3, -0.25) is 13.9 Å². The van der Waals surface area contributed by atoms with Gasteiger partial charge < -0.3 is 14.3 Å². The Labute approximate surface area is 226 Å². The number of aromatic nitrogens is 6.